The molecule has 6 nitrogen and oxygen atoms in total. The number of ether oxygens (including phenoxy) is 1. The minimum Gasteiger partial charge on any atom is -0.494 e. The van der Waals surface area contributed by atoms with Crippen molar-refractivity contribution in [1.29, 1.82) is 0 Å². The molecule has 0 aromatic heterocycles. The number of benzene rings is 2. The number of halogens is 4. The third kappa shape index (κ3) is 5.41. The molecular formula is C18H19Cl3FN5O. The van der Waals surface area contributed by atoms with Crippen molar-refractivity contribution in [2.45, 2.75) is 12.6 Å². The van der Waals surface area contributed by atoms with Crippen LogP contribution in [0.2, 0.25) is 10.0 Å². The highest BCUT2D eigenvalue weighted by molar-refractivity contribution is 6.30. The molecule has 1 aliphatic rings. The van der Waals surface area contributed by atoms with E-state index in [0.29, 0.717) is 30.2 Å². The standard InChI is InChI=1S/C18H18Cl2FN5O.ClH/c19-12-3-5-13(6-4-12)27-9-1-8-26-16(24-17(22)25-18(26)23)11-2-7-14(20)15(21)10-11;/h2-7,10,16H,1,8-9H2,(H4,22,23,24,25);1H. The van der Waals surface area contributed by atoms with E-state index in [1.807, 2.05) is 0 Å². The summed E-state index contributed by atoms with van der Waals surface area (Å²) >= 11 is 11.6. The monoisotopic (exact) mass is 445 g/mol. The quantitative estimate of drug-likeness (QED) is 0.657. The number of nitrogens with zero attached hydrogens (tertiary/aromatic N) is 3. The van der Waals surface area contributed by atoms with Crippen LogP contribution in [-0.2, 0) is 0 Å². The number of guanidine groups is 2. The van der Waals surface area contributed by atoms with Crippen molar-refractivity contribution < 1.29 is 9.13 Å². The number of nitrogens with two attached hydrogens (primary N) is 2. The van der Waals surface area contributed by atoms with Crippen molar-refractivity contribution >= 4 is 47.5 Å². The lowest BCUT2D eigenvalue weighted by atomic mass is 10.1. The van der Waals surface area contributed by atoms with Crippen LogP contribution in [0.15, 0.2) is 52.4 Å². The predicted molar refractivity (Wildman–Crippen MR) is 113 cm³/mol. The van der Waals surface area contributed by atoms with Gasteiger partial charge in [0, 0.05) is 11.6 Å². The van der Waals surface area contributed by atoms with Crippen LogP contribution in [0, 0.1) is 5.82 Å². The van der Waals surface area contributed by atoms with Crippen molar-refractivity contribution in [1.82, 2.24) is 4.90 Å². The van der Waals surface area contributed by atoms with Crippen LogP contribution in [0.3, 0.4) is 0 Å². The SMILES string of the molecule is Cl.NC1=NC(c2ccc(Cl)c(F)c2)N(CCCOc2ccc(Cl)cc2)C(N)=N1. The van der Waals surface area contributed by atoms with Crippen LogP contribution in [0.1, 0.15) is 18.2 Å². The molecule has 0 spiro atoms. The van der Waals surface area contributed by atoms with Gasteiger partial charge in [-0.2, -0.15) is 4.99 Å². The van der Waals surface area contributed by atoms with Crippen molar-refractivity contribution in [3.05, 3.63) is 63.9 Å². The van der Waals surface area contributed by atoms with Crippen LogP contribution in [-0.4, -0.2) is 30.0 Å². The Hall–Kier alpha value is -2.22. The molecule has 28 heavy (non-hydrogen) atoms. The molecule has 0 saturated carbocycles. The summed E-state index contributed by atoms with van der Waals surface area (Å²) in [4.78, 5) is 10.0. The summed E-state index contributed by atoms with van der Waals surface area (Å²) in [5.41, 5.74) is 12.3. The normalized spacial score (nSPS) is 16.1. The van der Waals surface area contributed by atoms with Crippen molar-refractivity contribution in [2.24, 2.45) is 21.5 Å². The molecule has 150 valence electrons. The Morgan fingerprint density at radius 3 is 2.50 bits per heavy atom. The van der Waals surface area contributed by atoms with E-state index < -0.39 is 12.0 Å². The third-order valence-corrected chi connectivity index (χ3v) is 4.50. The zero-order valence-electron chi connectivity index (χ0n) is 14.7. The zero-order valence-corrected chi connectivity index (χ0v) is 17.0. The fourth-order valence-electron chi connectivity index (χ4n) is 2.65. The minimum atomic E-state index is -0.579. The van der Waals surface area contributed by atoms with Gasteiger partial charge < -0.3 is 21.1 Å². The highest BCUT2D eigenvalue weighted by atomic mass is 35.5. The van der Waals surface area contributed by atoms with Crippen molar-refractivity contribution in [2.75, 3.05) is 13.2 Å². The third-order valence-electron chi connectivity index (χ3n) is 3.94. The van der Waals surface area contributed by atoms with Gasteiger partial charge in [0.05, 0.1) is 11.6 Å². The van der Waals surface area contributed by atoms with E-state index in [1.165, 1.54) is 12.1 Å². The maximum atomic E-state index is 13.9. The largest absolute Gasteiger partial charge is 0.494 e. The average molecular weight is 447 g/mol. The van der Waals surface area contributed by atoms with Crippen LogP contribution in [0.4, 0.5) is 4.39 Å². The van der Waals surface area contributed by atoms with Gasteiger partial charge in [-0.05, 0) is 48.4 Å². The topological polar surface area (TPSA) is 89.2 Å². The second-order valence-electron chi connectivity index (χ2n) is 5.85. The fraction of sp³-hybridized carbons (Fsp3) is 0.222. The summed E-state index contributed by atoms with van der Waals surface area (Å²) in [6.45, 7) is 0.945. The van der Waals surface area contributed by atoms with E-state index in [1.54, 1.807) is 35.2 Å². The van der Waals surface area contributed by atoms with Crippen LogP contribution in [0.5, 0.6) is 5.75 Å². The summed E-state index contributed by atoms with van der Waals surface area (Å²) in [5.74, 6) is 0.448. The molecule has 0 aliphatic carbocycles. The maximum absolute atomic E-state index is 13.9. The molecule has 2 aromatic carbocycles. The van der Waals surface area contributed by atoms with Crippen LogP contribution < -0.4 is 16.2 Å². The summed E-state index contributed by atoms with van der Waals surface area (Å²) in [6.07, 6.45) is 0.0608. The molecule has 2 aromatic rings. The van der Waals surface area contributed by atoms with Gasteiger partial charge in [0.25, 0.3) is 0 Å². The molecule has 0 fully saturated rings. The molecule has 1 aliphatic heterocycles. The molecule has 1 atom stereocenters. The van der Waals surface area contributed by atoms with Gasteiger partial charge >= 0.3 is 0 Å². The van der Waals surface area contributed by atoms with Gasteiger partial charge in [0.1, 0.15) is 11.6 Å². The Balaban J connectivity index is 0.00000280. The van der Waals surface area contributed by atoms with Gasteiger partial charge in [-0.15, -0.1) is 12.4 Å². The molecule has 3 rings (SSSR count). The molecule has 0 saturated heterocycles. The number of rotatable bonds is 6. The fourth-order valence-corrected chi connectivity index (χ4v) is 2.89. The molecule has 4 N–H and O–H groups in total. The highest BCUT2D eigenvalue weighted by Crippen LogP contribution is 2.27. The predicted octanol–water partition coefficient (Wildman–Crippen LogP) is 3.97. The Morgan fingerprint density at radius 2 is 1.82 bits per heavy atom. The van der Waals surface area contributed by atoms with E-state index in [4.69, 9.17) is 39.4 Å². The molecule has 0 bridgehead atoms. The summed E-state index contributed by atoms with van der Waals surface area (Å²) in [5, 5.41) is 0.684. The van der Waals surface area contributed by atoms with E-state index in [2.05, 4.69) is 9.98 Å². The van der Waals surface area contributed by atoms with Gasteiger partial charge in [-0.25, -0.2) is 9.38 Å². The maximum Gasteiger partial charge on any atom is 0.220 e. The van der Waals surface area contributed by atoms with E-state index in [-0.39, 0.29) is 29.3 Å². The zero-order chi connectivity index (χ0) is 19.4. The minimum absolute atomic E-state index is 0. The lowest BCUT2D eigenvalue weighted by Crippen LogP contribution is -2.44. The molecule has 0 radical (unpaired) electrons. The van der Waals surface area contributed by atoms with Crippen molar-refractivity contribution in [3.8, 4) is 5.75 Å². The summed E-state index contributed by atoms with van der Waals surface area (Å²) in [6, 6.07) is 11.6. The number of hydrogen-bond donors (Lipinski definition) is 2. The second kappa shape index (κ2) is 9.82. The summed E-state index contributed by atoms with van der Waals surface area (Å²) in [7, 11) is 0. The van der Waals surface area contributed by atoms with E-state index >= 15 is 0 Å². The molecule has 1 unspecified atom stereocenters. The first kappa shape index (κ1) is 22.1. The molecule has 10 heteroatoms. The first-order valence-corrected chi connectivity index (χ1v) is 8.97. The molecular weight excluding hydrogens is 428 g/mol. The number of hydrogen-bond acceptors (Lipinski definition) is 6. The van der Waals surface area contributed by atoms with Crippen LogP contribution in [0.25, 0.3) is 0 Å². The first-order valence-electron chi connectivity index (χ1n) is 8.21. The van der Waals surface area contributed by atoms with Gasteiger partial charge in [-0.1, -0.05) is 29.3 Å². The smallest absolute Gasteiger partial charge is 0.220 e. The molecule has 1 heterocycles. The summed E-state index contributed by atoms with van der Waals surface area (Å²) < 4.78 is 19.5. The van der Waals surface area contributed by atoms with Gasteiger partial charge in [0.15, 0.2) is 6.17 Å². The first-order chi connectivity index (χ1) is 12.9. The van der Waals surface area contributed by atoms with E-state index in [0.717, 1.165) is 5.75 Å². The second-order valence-corrected chi connectivity index (χ2v) is 6.70. The van der Waals surface area contributed by atoms with Crippen molar-refractivity contribution in [3.63, 3.8) is 0 Å². The Bertz CT molecular complexity index is 876. The Kier molecular flexibility index (Phi) is 7.74. The molecule has 0 amide bonds. The van der Waals surface area contributed by atoms with E-state index in [9.17, 15) is 4.39 Å². The Morgan fingerprint density at radius 1 is 1.11 bits per heavy atom. The van der Waals surface area contributed by atoms with Gasteiger partial charge in [0.2, 0.25) is 11.9 Å². The number of aliphatic imine (C=N–C) groups is 2. The lowest BCUT2D eigenvalue weighted by molar-refractivity contribution is 0.258. The Labute approximate surface area is 178 Å². The average Bonchev–Trinajstić information content (AvgIpc) is 2.63. The highest BCUT2D eigenvalue weighted by Gasteiger charge is 2.26. The van der Waals surface area contributed by atoms with Gasteiger partial charge in [-0.3, -0.25) is 0 Å². The lowest BCUT2D eigenvalue weighted by Gasteiger charge is -2.32. The van der Waals surface area contributed by atoms with Crippen LogP contribution >= 0.6 is 35.6 Å².